The van der Waals surface area contributed by atoms with Crippen LogP contribution in [0.1, 0.15) is 62.1 Å². The summed E-state index contributed by atoms with van der Waals surface area (Å²) in [5, 5.41) is 28.3. The summed E-state index contributed by atoms with van der Waals surface area (Å²) in [6, 6.07) is 23.9. The van der Waals surface area contributed by atoms with E-state index in [2.05, 4.69) is 40.5 Å². The minimum absolute atomic E-state index is 0.155. The third-order valence-corrected chi connectivity index (χ3v) is 10.7. The number of nitrogens with zero attached hydrogens (tertiary/aromatic N) is 2. The number of fused-ring (bicyclic) bond motifs is 2. The van der Waals surface area contributed by atoms with E-state index >= 15 is 0 Å². The third kappa shape index (κ3) is 9.79. The van der Waals surface area contributed by atoms with Gasteiger partial charge in [-0.05, 0) is 96.3 Å². The lowest BCUT2D eigenvalue weighted by atomic mass is 10.1. The van der Waals surface area contributed by atoms with Crippen molar-refractivity contribution in [3.05, 3.63) is 161 Å². The molecule has 12 N–H and O–H groups in total. The third-order valence-electron chi connectivity index (χ3n) is 10.2. The topological polar surface area (TPSA) is 274 Å². The largest absolute Gasteiger partial charge is 0.387 e. The van der Waals surface area contributed by atoms with E-state index in [0.29, 0.717) is 89.4 Å². The Labute approximate surface area is 368 Å². The monoisotopic (exact) mass is 888 g/mol. The number of aliphatic hydroxyl groups excluding tert-OH is 2. The van der Waals surface area contributed by atoms with Gasteiger partial charge >= 0.3 is 0 Å². The number of aromatic nitrogens is 6. The fourth-order valence-electron chi connectivity index (χ4n) is 7.07. The number of anilines is 2. The fraction of sp³-hybridized carbons (Fsp3) is 0.156. The first kappa shape index (κ1) is 43.8. The highest BCUT2D eigenvalue weighted by Crippen LogP contribution is 2.30. The number of H-pyrrole nitrogens is 4. The zero-order valence-corrected chi connectivity index (χ0v) is 35.4. The van der Waals surface area contributed by atoms with Crippen LogP contribution in [0.15, 0.2) is 107 Å². The fourth-order valence-corrected chi connectivity index (χ4v) is 7.47. The number of hydrogen-bond donors (Lipinski definition) is 10. The minimum atomic E-state index is -0.832. The highest BCUT2D eigenvalue weighted by atomic mass is 35.5. The second-order valence-electron chi connectivity index (χ2n) is 14.6. The zero-order valence-electron chi connectivity index (χ0n) is 33.8. The van der Waals surface area contributed by atoms with E-state index in [4.69, 9.17) is 34.7 Å². The van der Waals surface area contributed by atoms with Gasteiger partial charge in [0.15, 0.2) is 0 Å². The van der Waals surface area contributed by atoms with Gasteiger partial charge in [-0.2, -0.15) is 0 Å². The molecule has 322 valence electrons. The first-order valence-corrected chi connectivity index (χ1v) is 20.4. The number of rotatable bonds is 13. The molecular formula is C45H42Cl2N10O6. The van der Waals surface area contributed by atoms with E-state index in [0.717, 1.165) is 11.1 Å². The average molecular weight is 890 g/mol. The molecule has 0 saturated carbocycles. The van der Waals surface area contributed by atoms with E-state index in [1.54, 1.807) is 84.9 Å². The van der Waals surface area contributed by atoms with E-state index < -0.39 is 24.0 Å². The number of carbonyl (C=O) groups excluding carboxylic acids is 2. The Bertz CT molecular complexity index is 3120. The summed E-state index contributed by atoms with van der Waals surface area (Å²) in [5.41, 5.74) is 17.9. The molecule has 8 aromatic rings. The number of aromatic amines is 4. The molecule has 2 unspecified atom stereocenters. The number of halogens is 2. The molecule has 0 aliphatic rings. The number of amides is 2. The van der Waals surface area contributed by atoms with Crippen LogP contribution >= 0.6 is 23.2 Å². The molecule has 2 amide bonds. The molecule has 4 aromatic heterocycles. The molecule has 0 fully saturated rings. The summed E-state index contributed by atoms with van der Waals surface area (Å²) in [7, 11) is 0. The van der Waals surface area contributed by atoms with Crippen LogP contribution in [0.4, 0.5) is 11.4 Å². The highest BCUT2D eigenvalue weighted by molar-refractivity contribution is 6.30. The average Bonchev–Trinajstić information content (AvgIpc) is 3.89. The SMILES string of the molecule is CCc1cc(C(N)=O)cc2[nH]c(-c3c(NCC(O)c4cccc(Cl)c4)cc[nH]c3=O)nc12.Cc1cc(C(N)=O)cc2[nH]c(-c3c(NCC(O)c4cccc(Cl)c4)cc[nH]c3=O)nc12. The second-order valence-corrected chi connectivity index (χ2v) is 15.4. The lowest BCUT2D eigenvalue weighted by molar-refractivity contribution is 0.0992. The summed E-state index contributed by atoms with van der Waals surface area (Å²) in [5.74, 6) is -0.400. The van der Waals surface area contributed by atoms with Crippen molar-refractivity contribution in [2.75, 3.05) is 23.7 Å². The van der Waals surface area contributed by atoms with Crippen LogP contribution in [-0.4, -0.2) is 65.0 Å². The van der Waals surface area contributed by atoms with Crippen LogP contribution in [0.25, 0.3) is 44.8 Å². The summed E-state index contributed by atoms with van der Waals surface area (Å²) >= 11 is 12.0. The summed E-state index contributed by atoms with van der Waals surface area (Å²) in [6.45, 7) is 4.08. The van der Waals surface area contributed by atoms with Crippen LogP contribution in [0.3, 0.4) is 0 Å². The van der Waals surface area contributed by atoms with Gasteiger partial charge in [0.25, 0.3) is 11.1 Å². The minimum Gasteiger partial charge on any atom is -0.387 e. The van der Waals surface area contributed by atoms with Crippen LogP contribution in [0.2, 0.25) is 10.0 Å². The van der Waals surface area contributed by atoms with Crippen molar-refractivity contribution in [3.63, 3.8) is 0 Å². The van der Waals surface area contributed by atoms with E-state index in [1.165, 1.54) is 12.4 Å². The first-order chi connectivity index (χ1) is 30.2. The number of nitrogens with two attached hydrogens (primary N) is 2. The normalized spacial score (nSPS) is 12.1. The molecule has 63 heavy (non-hydrogen) atoms. The molecule has 4 heterocycles. The Morgan fingerprint density at radius 1 is 0.683 bits per heavy atom. The number of carbonyl (C=O) groups is 2. The molecule has 18 heteroatoms. The molecule has 0 spiro atoms. The Hall–Kier alpha value is -7.24. The van der Waals surface area contributed by atoms with Crippen molar-refractivity contribution < 1.29 is 19.8 Å². The molecule has 0 bridgehead atoms. The van der Waals surface area contributed by atoms with Gasteiger partial charge in [0.2, 0.25) is 11.8 Å². The Morgan fingerprint density at radius 3 is 1.60 bits per heavy atom. The Balaban J connectivity index is 0.000000189. The van der Waals surface area contributed by atoms with Gasteiger partial charge in [-0.25, -0.2) is 9.97 Å². The molecule has 0 saturated heterocycles. The number of aliphatic hydroxyl groups is 2. The molecule has 16 nitrogen and oxygen atoms in total. The van der Waals surface area contributed by atoms with Crippen molar-refractivity contribution in [1.29, 1.82) is 0 Å². The van der Waals surface area contributed by atoms with Gasteiger partial charge < -0.3 is 52.2 Å². The molecule has 0 radical (unpaired) electrons. The summed E-state index contributed by atoms with van der Waals surface area (Å²) < 4.78 is 0. The van der Waals surface area contributed by atoms with Gasteiger partial charge in [0, 0.05) is 46.7 Å². The number of aryl methyl sites for hydroxylation is 2. The summed E-state index contributed by atoms with van der Waals surface area (Å²) in [6.07, 6.45) is 2.01. The maximum atomic E-state index is 12.7. The first-order valence-electron chi connectivity index (χ1n) is 19.6. The number of hydrogen-bond acceptors (Lipinski definition) is 10. The van der Waals surface area contributed by atoms with Crippen molar-refractivity contribution in [2.45, 2.75) is 32.5 Å². The van der Waals surface area contributed by atoms with E-state index in [-0.39, 0.29) is 29.8 Å². The van der Waals surface area contributed by atoms with E-state index in [9.17, 15) is 29.4 Å². The van der Waals surface area contributed by atoms with Crippen molar-refractivity contribution in [2.24, 2.45) is 11.5 Å². The van der Waals surface area contributed by atoms with Crippen molar-refractivity contribution in [3.8, 4) is 22.8 Å². The maximum Gasteiger partial charge on any atom is 0.261 e. The lowest BCUT2D eigenvalue weighted by Gasteiger charge is -2.15. The predicted octanol–water partition coefficient (Wildman–Crippen LogP) is 6.50. The highest BCUT2D eigenvalue weighted by Gasteiger charge is 2.20. The molecule has 0 aliphatic carbocycles. The Morgan fingerprint density at radius 2 is 1.14 bits per heavy atom. The van der Waals surface area contributed by atoms with Crippen LogP contribution in [-0.2, 0) is 6.42 Å². The number of primary amides is 2. The van der Waals surface area contributed by atoms with Gasteiger partial charge in [-0.3, -0.25) is 19.2 Å². The molecule has 0 aliphatic heterocycles. The van der Waals surface area contributed by atoms with Gasteiger partial charge in [-0.15, -0.1) is 0 Å². The lowest BCUT2D eigenvalue weighted by Crippen LogP contribution is -2.17. The van der Waals surface area contributed by atoms with Crippen LogP contribution in [0, 0.1) is 6.92 Å². The van der Waals surface area contributed by atoms with Crippen molar-refractivity contribution in [1.82, 2.24) is 29.9 Å². The van der Waals surface area contributed by atoms with Gasteiger partial charge in [0.1, 0.15) is 22.8 Å². The standard InChI is InChI=1S/C23H22ClN5O3.C22H20ClN5O3/c1-2-12-8-14(21(25)31)10-17-20(12)29-22(28-17)19-16(6-7-26-23(19)32)27-11-18(30)13-4-3-5-15(24)9-13;1-11-7-13(20(24)30)9-16-19(11)28-21(27-16)18-15(5-6-25-22(18)31)26-10-17(29)12-3-2-4-14(23)8-12/h3-10,18,30H,2,11H2,1H3,(H2,25,31)(H,28,29)(H2,26,27,32);2-9,17,29H,10H2,1H3,(H2,24,30)(H,27,28)(H2,25,26,31). The van der Waals surface area contributed by atoms with Crippen molar-refractivity contribution >= 4 is 68.5 Å². The molecular weight excluding hydrogens is 847 g/mol. The number of imidazole rings is 2. The predicted molar refractivity (Wildman–Crippen MR) is 245 cm³/mol. The maximum absolute atomic E-state index is 12.7. The second kappa shape index (κ2) is 18.8. The van der Waals surface area contributed by atoms with Crippen LogP contribution in [0.5, 0.6) is 0 Å². The van der Waals surface area contributed by atoms with Gasteiger partial charge in [0.05, 0.1) is 45.6 Å². The number of benzene rings is 4. The van der Waals surface area contributed by atoms with Gasteiger partial charge in [-0.1, -0.05) is 54.4 Å². The number of nitrogens with one attached hydrogen (secondary N) is 6. The molecule has 4 aromatic carbocycles. The zero-order chi connectivity index (χ0) is 44.9. The van der Waals surface area contributed by atoms with E-state index in [1.807, 2.05) is 13.8 Å². The number of pyridine rings is 2. The molecule has 2 atom stereocenters. The smallest absolute Gasteiger partial charge is 0.261 e. The Kier molecular flexibility index (Phi) is 13.1. The summed E-state index contributed by atoms with van der Waals surface area (Å²) in [4.78, 5) is 69.3. The quantitative estimate of drug-likeness (QED) is 0.0600. The van der Waals surface area contributed by atoms with Crippen LogP contribution < -0.4 is 33.2 Å². The molecule has 8 rings (SSSR count).